The van der Waals surface area contributed by atoms with Crippen LogP contribution >= 0.6 is 0 Å². The lowest BCUT2D eigenvalue weighted by Gasteiger charge is -2.37. The molecule has 0 aliphatic carbocycles. The molecule has 162 valence electrons. The van der Waals surface area contributed by atoms with Gasteiger partial charge < -0.3 is 19.3 Å². The minimum atomic E-state index is 0.208. The van der Waals surface area contributed by atoms with E-state index in [2.05, 4.69) is 35.2 Å². The van der Waals surface area contributed by atoms with Gasteiger partial charge in [-0.1, -0.05) is 36.4 Å². The molecule has 0 N–H and O–H groups in total. The van der Waals surface area contributed by atoms with Crippen LogP contribution in [0.25, 0.3) is 0 Å². The van der Waals surface area contributed by atoms with Crippen LogP contribution in [0.15, 0.2) is 48.5 Å². The number of aryl methyl sites for hydroxylation is 1. The van der Waals surface area contributed by atoms with Gasteiger partial charge in [0.15, 0.2) is 11.5 Å². The molecular formula is C25H34N2O3. The van der Waals surface area contributed by atoms with Gasteiger partial charge in [0.25, 0.3) is 0 Å². The summed E-state index contributed by atoms with van der Waals surface area (Å²) in [4.78, 5) is 17.3. The molecule has 0 radical (unpaired) electrons. The third kappa shape index (κ3) is 5.99. The van der Waals surface area contributed by atoms with Crippen molar-refractivity contribution in [1.82, 2.24) is 9.80 Å². The Morgan fingerprint density at radius 3 is 2.53 bits per heavy atom. The molecule has 0 bridgehead atoms. The van der Waals surface area contributed by atoms with Crippen LogP contribution in [0.4, 0.5) is 0 Å². The SMILES string of the molecule is COc1ccc(CCC(=O)N(C)[C@@H]2CCCN(CCc3ccccc3)C2)cc1OC. The molecule has 2 aromatic rings. The van der Waals surface area contributed by atoms with Gasteiger partial charge in [-0.15, -0.1) is 0 Å². The van der Waals surface area contributed by atoms with Crippen molar-refractivity contribution in [3.8, 4) is 11.5 Å². The summed E-state index contributed by atoms with van der Waals surface area (Å²) < 4.78 is 10.7. The van der Waals surface area contributed by atoms with Crippen LogP contribution in [0, 0.1) is 0 Å². The molecule has 0 unspecified atom stereocenters. The topological polar surface area (TPSA) is 42.0 Å². The predicted molar refractivity (Wildman–Crippen MR) is 120 cm³/mol. The fraction of sp³-hybridized carbons (Fsp3) is 0.480. The number of nitrogens with zero attached hydrogens (tertiary/aromatic N) is 2. The summed E-state index contributed by atoms with van der Waals surface area (Å²) in [5.41, 5.74) is 2.46. The second-order valence-corrected chi connectivity index (χ2v) is 8.03. The van der Waals surface area contributed by atoms with Crippen LogP contribution in [0.5, 0.6) is 11.5 Å². The summed E-state index contributed by atoms with van der Waals surface area (Å²) in [6.07, 6.45) is 4.50. The predicted octanol–water partition coefficient (Wildman–Crippen LogP) is 3.80. The zero-order valence-electron chi connectivity index (χ0n) is 18.5. The maximum atomic E-state index is 12.8. The van der Waals surface area contributed by atoms with E-state index in [1.807, 2.05) is 30.1 Å². The van der Waals surface area contributed by atoms with Crippen molar-refractivity contribution in [2.45, 2.75) is 38.1 Å². The quantitative estimate of drug-likeness (QED) is 0.631. The van der Waals surface area contributed by atoms with Crippen LogP contribution in [0.3, 0.4) is 0 Å². The summed E-state index contributed by atoms with van der Waals surface area (Å²) in [7, 11) is 5.22. The maximum Gasteiger partial charge on any atom is 0.222 e. The lowest BCUT2D eigenvalue weighted by molar-refractivity contribution is -0.133. The van der Waals surface area contributed by atoms with Crippen molar-refractivity contribution in [2.24, 2.45) is 0 Å². The number of hydrogen-bond donors (Lipinski definition) is 0. The third-order valence-corrected chi connectivity index (χ3v) is 6.06. The number of methoxy groups -OCH3 is 2. The summed E-state index contributed by atoms with van der Waals surface area (Å²) in [6, 6.07) is 16.8. The van der Waals surface area contributed by atoms with Crippen molar-refractivity contribution in [2.75, 3.05) is 40.9 Å². The lowest BCUT2D eigenvalue weighted by Crippen LogP contribution is -2.49. The molecule has 5 nitrogen and oxygen atoms in total. The number of benzene rings is 2. The Morgan fingerprint density at radius 2 is 1.80 bits per heavy atom. The Kier molecular flexibility index (Phi) is 8.14. The number of carbonyl (C=O) groups is 1. The number of amides is 1. The standard InChI is InChI=1S/C25H34N2O3/c1-26(25(28)14-12-21-11-13-23(29-2)24(18-21)30-3)22-10-7-16-27(19-22)17-15-20-8-5-4-6-9-20/h4-6,8-9,11,13,18,22H,7,10,12,14-17,19H2,1-3H3/t22-/m1/s1. The lowest BCUT2D eigenvalue weighted by atomic mass is 10.0. The molecule has 1 aliphatic rings. The van der Waals surface area contributed by atoms with E-state index >= 15 is 0 Å². The van der Waals surface area contributed by atoms with Gasteiger partial charge in [-0.25, -0.2) is 0 Å². The van der Waals surface area contributed by atoms with E-state index in [-0.39, 0.29) is 5.91 Å². The maximum absolute atomic E-state index is 12.8. The zero-order chi connectivity index (χ0) is 21.3. The van der Waals surface area contributed by atoms with Gasteiger partial charge in [-0.2, -0.15) is 0 Å². The molecular weight excluding hydrogens is 376 g/mol. The van der Waals surface area contributed by atoms with E-state index in [0.29, 0.717) is 30.4 Å². The Balaban J connectivity index is 1.49. The van der Waals surface area contributed by atoms with E-state index in [9.17, 15) is 4.79 Å². The van der Waals surface area contributed by atoms with Crippen molar-refractivity contribution in [3.05, 3.63) is 59.7 Å². The van der Waals surface area contributed by atoms with E-state index < -0.39 is 0 Å². The Hall–Kier alpha value is -2.53. The molecule has 0 saturated carbocycles. The second kappa shape index (κ2) is 11.0. The van der Waals surface area contributed by atoms with Crippen LogP contribution < -0.4 is 9.47 Å². The molecule has 1 heterocycles. The van der Waals surface area contributed by atoms with Crippen LogP contribution in [0.1, 0.15) is 30.4 Å². The Bertz CT molecular complexity index is 809. The average Bonchev–Trinajstić information content (AvgIpc) is 2.81. The number of likely N-dealkylation sites (N-methyl/N-ethyl adjacent to an activating group) is 1. The largest absolute Gasteiger partial charge is 0.493 e. The average molecular weight is 411 g/mol. The van der Waals surface area contributed by atoms with E-state index in [4.69, 9.17) is 9.47 Å². The normalized spacial score (nSPS) is 16.8. The Morgan fingerprint density at radius 1 is 1.03 bits per heavy atom. The molecule has 1 fully saturated rings. The molecule has 1 atom stereocenters. The first-order chi connectivity index (χ1) is 14.6. The van der Waals surface area contributed by atoms with E-state index in [1.165, 1.54) is 5.56 Å². The van der Waals surface area contributed by atoms with Gasteiger partial charge in [0, 0.05) is 32.6 Å². The molecule has 3 rings (SSSR count). The van der Waals surface area contributed by atoms with Gasteiger partial charge in [-0.3, -0.25) is 4.79 Å². The van der Waals surface area contributed by atoms with E-state index in [0.717, 1.165) is 44.5 Å². The minimum absolute atomic E-state index is 0.208. The van der Waals surface area contributed by atoms with Crippen molar-refractivity contribution in [1.29, 1.82) is 0 Å². The van der Waals surface area contributed by atoms with Crippen molar-refractivity contribution in [3.63, 3.8) is 0 Å². The highest BCUT2D eigenvalue weighted by atomic mass is 16.5. The van der Waals surface area contributed by atoms with Crippen LogP contribution in [0.2, 0.25) is 0 Å². The molecule has 5 heteroatoms. The molecule has 1 aliphatic heterocycles. The molecule has 1 amide bonds. The monoisotopic (exact) mass is 410 g/mol. The molecule has 0 aromatic heterocycles. The fourth-order valence-electron chi connectivity index (χ4n) is 4.15. The van der Waals surface area contributed by atoms with Crippen molar-refractivity contribution < 1.29 is 14.3 Å². The highest BCUT2D eigenvalue weighted by Crippen LogP contribution is 2.28. The van der Waals surface area contributed by atoms with Gasteiger partial charge in [0.05, 0.1) is 14.2 Å². The van der Waals surface area contributed by atoms with Crippen LogP contribution in [-0.2, 0) is 17.6 Å². The van der Waals surface area contributed by atoms with Crippen LogP contribution in [-0.4, -0.2) is 62.7 Å². The van der Waals surface area contributed by atoms with Gasteiger partial charge >= 0.3 is 0 Å². The molecule has 30 heavy (non-hydrogen) atoms. The number of piperidine rings is 1. The second-order valence-electron chi connectivity index (χ2n) is 8.03. The first-order valence-electron chi connectivity index (χ1n) is 10.8. The van der Waals surface area contributed by atoms with E-state index in [1.54, 1.807) is 14.2 Å². The number of hydrogen-bond acceptors (Lipinski definition) is 4. The highest BCUT2D eigenvalue weighted by Gasteiger charge is 2.25. The number of ether oxygens (including phenoxy) is 2. The molecule has 2 aromatic carbocycles. The minimum Gasteiger partial charge on any atom is -0.493 e. The number of rotatable bonds is 9. The van der Waals surface area contributed by atoms with Gasteiger partial charge in [0.1, 0.15) is 0 Å². The number of likely N-dealkylation sites (tertiary alicyclic amines) is 1. The first-order valence-corrected chi connectivity index (χ1v) is 10.8. The third-order valence-electron chi connectivity index (χ3n) is 6.06. The molecule has 1 saturated heterocycles. The summed E-state index contributed by atoms with van der Waals surface area (Å²) >= 11 is 0. The smallest absolute Gasteiger partial charge is 0.222 e. The zero-order valence-corrected chi connectivity index (χ0v) is 18.5. The summed E-state index contributed by atoms with van der Waals surface area (Å²) in [5, 5.41) is 0. The summed E-state index contributed by atoms with van der Waals surface area (Å²) in [5.74, 6) is 1.62. The van der Waals surface area contributed by atoms with Gasteiger partial charge in [-0.05, 0) is 55.5 Å². The Labute approximate surface area is 180 Å². The summed E-state index contributed by atoms with van der Waals surface area (Å²) in [6.45, 7) is 3.14. The van der Waals surface area contributed by atoms with Gasteiger partial charge in [0.2, 0.25) is 5.91 Å². The molecule has 0 spiro atoms. The number of carbonyl (C=O) groups excluding carboxylic acids is 1. The highest BCUT2D eigenvalue weighted by molar-refractivity contribution is 5.76. The fourth-order valence-corrected chi connectivity index (χ4v) is 4.15. The van der Waals surface area contributed by atoms with Crippen molar-refractivity contribution >= 4 is 5.91 Å². The first kappa shape index (κ1) is 22.2.